The number of hydrogen-bond acceptors (Lipinski definition) is 6. The number of hydrogen-bond donors (Lipinski definition) is 0. The van der Waals surface area contributed by atoms with Crippen LogP contribution >= 0.6 is 0 Å². The number of rotatable bonds is 4. The number of benzene rings is 1. The van der Waals surface area contributed by atoms with Gasteiger partial charge in [0.05, 0.1) is 17.1 Å². The number of nitro groups is 1. The fraction of sp³-hybridized carbons (Fsp3) is 0.231. The molecule has 1 aromatic heterocycles. The first-order chi connectivity index (χ1) is 9.56. The molecule has 0 spiro atoms. The second-order valence-corrected chi connectivity index (χ2v) is 3.98. The molecule has 0 bridgehead atoms. The summed E-state index contributed by atoms with van der Waals surface area (Å²) < 4.78 is 10.00. The van der Waals surface area contributed by atoms with Gasteiger partial charge in [0, 0.05) is 5.56 Å². The third-order valence-electron chi connectivity index (χ3n) is 2.70. The van der Waals surface area contributed by atoms with Crippen molar-refractivity contribution in [1.82, 2.24) is 4.98 Å². The lowest BCUT2D eigenvalue weighted by molar-refractivity contribution is -0.384. The fourth-order valence-electron chi connectivity index (χ4n) is 1.87. The topological polar surface area (TPSA) is 95.5 Å². The van der Waals surface area contributed by atoms with E-state index in [1.807, 2.05) is 0 Å². The summed E-state index contributed by atoms with van der Waals surface area (Å²) in [5.74, 6) is -0.633. The van der Waals surface area contributed by atoms with Crippen LogP contribution in [0.3, 0.4) is 0 Å². The lowest BCUT2D eigenvalue weighted by Crippen LogP contribution is -2.07. The molecule has 0 radical (unpaired) electrons. The summed E-state index contributed by atoms with van der Waals surface area (Å²) in [7, 11) is 0. The Morgan fingerprint density at radius 1 is 1.50 bits per heavy atom. The van der Waals surface area contributed by atoms with Gasteiger partial charge in [0.15, 0.2) is 17.8 Å². The number of ether oxygens (including phenoxy) is 1. The minimum atomic E-state index is -0.674. The van der Waals surface area contributed by atoms with Gasteiger partial charge in [-0.3, -0.25) is 10.1 Å². The number of carbonyl (C=O) groups is 1. The normalized spacial score (nSPS) is 10.3. The first-order valence-electron chi connectivity index (χ1n) is 5.91. The van der Waals surface area contributed by atoms with Crippen molar-refractivity contribution in [3.05, 3.63) is 46.0 Å². The van der Waals surface area contributed by atoms with Crippen molar-refractivity contribution >= 4 is 11.7 Å². The minimum Gasteiger partial charge on any atom is -0.461 e. The smallest absolute Gasteiger partial charge is 0.360 e. The van der Waals surface area contributed by atoms with Crippen molar-refractivity contribution in [2.24, 2.45) is 0 Å². The first-order valence-corrected chi connectivity index (χ1v) is 5.91. The molecule has 0 aliphatic carbocycles. The predicted octanol–water partition coefficient (Wildman–Crippen LogP) is 2.73. The average Bonchev–Trinajstić information content (AvgIpc) is 2.87. The molecule has 0 saturated heterocycles. The van der Waals surface area contributed by atoms with Gasteiger partial charge < -0.3 is 9.15 Å². The zero-order chi connectivity index (χ0) is 14.7. The number of esters is 1. The van der Waals surface area contributed by atoms with E-state index in [-0.39, 0.29) is 29.3 Å². The maximum Gasteiger partial charge on any atom is 0.360 e. The van der Waals surface area contributed by atoms with Crippen LogP contribution in [-0.2, 0) is 4.74 Å². The van der Waals surface area contributed by atoms with Gasteiger partial charge >= 0.3 is 5.97 Å². The van der Waals surface area contributed by atoms with E-state index < -0.39 is 10.9 Å². The van der Waals surface area contributed by atoms with Crippen LogP contribution in [0, 0.1) is 17.0 Å². The van der Waals surface area contributed by atoms with Crippen LogP contribution in [0.1, 0.15) is 23.0 Å². The lowest BCUT2D eigenvalue weighted by atomic mass is 10.0. The third-order valence-corrected chi connectivity index (χ3v) is 2.70. The molecule has 7 heteroatoms. The second kappa shape index (κ2) is 5.52. The third kappa shape index (κ3) is 2.37. The molecule has 0 unspecified atom stereocenters. The largest absolute Gasteiger partial charge is 0.461 e. The molecule has 0 amide bonds. The van der Waals surface area contributed by atoms with Crippen molar-refractivity contribution in [3.8, 4) is 11.3 Å². The maximum absolute atomic E-state index is 11.8. The van der Waals surface area contributed by atoms with Gasteiger partial charge in [0.25, 0.3) is 5.69 Å². The zero-order valence-corrected chi connectivity index (χ0v) is 11.0. The van der Waals surface area contributed by atoms with Gasteiger partial charge in [-0.25, -0.2) is 9.78 Å². The number of nitrogens with zero attached hydrogens (tertiary/aromatic N) is 2. The summed E-state index contributed by atoms with van der Waals surface area (Å²) >= 11 is 0. The van der Waals surface area contributed by atoms with Crippen molar-refractivity contribution in [1.29, 1.82) is 0 Å². The van der Waals surface area contributed by atoms with Gasteiger partial charge in [0.1, 0.15) is 0 Å². The summed E-state index contributed by atoms with van der Waals surface area (Å²) in [4.78, 5) is 26.2. The first kappa shape index (κ1) is 13.7. The van der Waals surface area contributed by atoms with E-state index in [1.165, 1.54) is 6.07 Å². The molecular weight excluding hydrogens is 264 g/mol. The van der Waals surface area contributed by atoms with Crippen molar-refractivity contribution in [2.45, 2.75) is 13.8 Å². The summed E-state index contributed by atoms with van der Waals surface area (Å²) in [6, 6.07) is 4.77. The van der Waals surface area contributed by atoms with Crippen molar-refractivity contribution in [2.75, 3.05) is 6.61 Å². The standard InChI is InChI=1S/C13H12N2O5/c1-3-19-13(16)10-12(20-7-14-10)9-6-4-5-8(2)11(9)15(17)18/h4-7H,3H2,1-2H3. The molecule has 2 rings (SSSR count). The van der Waals surface area contributed by atoms with E-state index in [0.29, 0.717) is 5.56 Å². The Morgan fingerprint density at radius 2 is 2.25 bits per heavy atom. The number of para-hydroxylation sites is 1. The maximum atomic E-state index is 11.8. The van der Waals surface area contributed by atoms with Crippen LogP contribution in [0.2, 0.25) is 0 Å². The summed E-state index contributed by atoms with van der Waals surface area (Å²) in [5, 5.41) is 11.2. The molecule has 0 N–H and O–H groups in total. The number of carbonyl (C=O) groups excluding carboxylic acids is 1. The summed E-state index contributed by atoms with van der Waals surface area (Å²) in [6.45, 7) is 3.45. The Labute approximate surface area is 114 Å². The van der Waals surface area contributed by atoms with Crippen LogP contribution in [0.25, 0.3) is 11.3 Å². The monoisotopic (exact) mass is 276 g/mol. The zero-order valence-electron chi connectivity index (χ0n) is 11.0. The van der Waals surface area contributed by atoms with Crippen molar-refractivity contribution in [3.63, 3.8) is 0 Å². The highest BCUT2D eigenvalue weighted by atomic mass is 16.6. The molecule has 1 heterocycles. The number of oxazole rings is 1. The van der Waals surface area contributed by atoms with E-state index in [9.17, 15) is 14.9 Å². The Bertz CT molecular complexity index is 663. The molecular formula is C13H12N2O5. The summed E-state index contributed by atoms with van der Waals surface area (Å²) in [5.41, 5.74) is 0.490. The fourth-order valence-corrected chi connectivity index (χ4v) is 1.87. The molecule has 0 aliphatic heterocycles. The Morgan fingerprint density at radius 3 is 2.90 bits per heavy atom. The van der Waals surface area contributed by atoms with E-state index >= 15 is 0 Å². The van der Waals surface area contributed by atoms with Crippen LogP contribution in [-0.4, -0.2) is 22.5 Å². The molecule has 7 nitrogen and oxygen atoms in total. The highest BCUT2D eigenvalue weighted by molar-refractivity contribution is 5.95. The van der Waals surface area contributed by atoms with Gasteiger partial charge in [-0.1, -0.05) is 12.1 Å². The highest BCUT2D eigenvalue weighted by Crippen LogP contribution is 2.34. The van der Waals surface area contributed by atoms with E-state index in [2.05, 4.69) is 4.98 Å². The molecule has 0 atom stereocenters. The Kier molecular flexibility index (Phi) is 3.79. The highest BCUT2D eigenvalue weighted by Gasteiger charge is 2.26. The van der Waals surface area contributed by atoms with Crippen LogP contribution in [0.4, 0.5) is 5.69 Å². The van der Waals surface area contributed by atoms with Crippen LogP contribution in [0.5, 0.6) is 0 Å². The van der Waals surface area contributed by atoms with E-state index in [1.54, 1.807) is 26.0 Å². The molecule has 0 saturated carbocycles. The molecule has 2 aromatic rings. The van der Waals surface area contributed by atoms with Gasteiger partial charge in [-0.15, -0.1) is 0 Å². The van der Waals surface area contributed by atoms with E-state index in [0.717, 1.165) is 6.39 Å². The molecule has 1 aromatic carbocycles. The molecule has 20 heavy (non-hydrogen) atoms. The minimum absolute atomic E-state index is 0.0406. The lowest BCUT2D eigenvalue weighted by Gasteiger charge is -2.04. The predicted molar refractivity (Wildman–Crippen MR) is 69.3 cm³/mol. The van der Waals surface area contributed by atoms with Gasteiger partial charge in [-0.2, -0.15) is 0 Å². The molecule has 104 valence electrons. The van der Waals surface area contributed by atoms with Crippen LogP contribution < -0.4 is 0 Å². The van der Waals surface area contributed by atoms with E-state index in [4.69, 9.17) is 9.15 Å². The average molecular weight is 276 g/mol. The van der Waals surface area contributed by atoms with Gasteiger partial charge in [0.2, 0.25) is 0 Å². The van der Waals surface area contributed by atoms with Crippen molar-refractivity contribution < 1.29 is 18.9 Å². The molecule has 0 fully saturated rings. The number of aromatic nitrogens is 1. The summed E-state index contributed by atoms with van der Waals surface area (Å²) in [6.07, 6.45) is 1.06. The quantitative estimate of drug-likeness (QED) is 0.484. The van der Waals surface area contributed by atoms with Gasteiger partial charge in [-0.05, 0) is 19.9 Å². The Balaban J connectivity index is 2.59. The Hall–Kier alpha value is -2.70. The molecule has 0 aliphatic rings. The number of nitro benzene ring substituents is 1. The second-order valence-electron chi connectivity index (χ2n) is 3.98. The SMILES string of the molecule is CCOC(=O)c1ncoc1-c1cccc(C)c1[N+](=O)[O-]. The number of aryl methyl sites for hydroxylation is 1. The van der Waals surface area contributed by atoms with Crippen LogP contribution in [0.15, 0.2) is 29.0 Å².